The highest BCUT2D eigenvalue weighted by Gasteiger charge is 2.39. The minimum absolute atomic E-state index is 0.0450. The maximum atomic E-state index is 13.1. The minimum Gasteiger partial charge on any atom is -0.493 e. The molecule has 0 unspecified atom stereocenters. The quantitative estimate of drug-likeness (QED) is 0.444. The number of allylic oxidation sites excluding steroid dienone is 3. The molecule has 0 spiro atoms. The van der Waals surface area contributed by atoms with Crippen molar-refractivity contribution in [3.63, 3.8) is 0 Å². The van der Waals surface area contributed by atoms with E-state index in [1.807, 2.05) is 55.5 Å². The summed E-state index contributed by atoms with van der Waals surface area (Å²) in [7, 11) is 1.58. The fourth-order valence-corrected chi connectivity index (χ4v) is 4.52. The maximum absolute atomic E-state index is 13.1. The number of nitrogens with one attached hydrogen (secondary N) is 1. The van der Waals surface area contributed by atoms with Gasteiger partial charge in [0, 0.05) is 29.3 Å². The Morgan fingerprint density at radius 3 is 2.68 bits per heavy atom. The Kier molecular flexibility index (Phi) is 7.16. The number of esters is 1. The smallest absolute Gasteiger partial charge is 0.337 e. The molecular weight excluding hydrogens is 430 g/mol. The number of ketones is 1. The number of ether oxygens (including phenoxy) is 3. The van der Waals surface area contributed by atoms with Crippen molar-refractivity contribution in [2.45, 2.75) is 38.7 Å². The molecule has 1 N–H and O–H groups in total. The van der Waals surface area contributed by atoms with Crippen molar-refractivity contribution >= 4 is 11.8 Å². The number of hydrogen-bond acceptors (Lipinski definition) is 6. The summed E-state index contributed by atoms with van der Waals surface area (Å²) in [6.45, 7) is 5.96. The first-order chi connectivity index (χ1) is 16.5. The summed E-state index contributed by atoms with van der Waals surface area (Å²) >= 11 is 0. The molecule has 0 saturated carbocycles. The largest absolute Gasteiger partial charge is 0.493 e. The summed E-state index contributed by atoms with van der Waals surface area (Å²) in [4.78, 5) is 26.1. The molecule has 176 valence electrons. The topological polar surface area (TPSA) is 73.9 Å². The van der Waals surface area contributed by atoms with Crippen LogP contribution >= 0.6 is 0 Å². The van der Waals surface area contributed by atoms with E-state index in [9.17, 15) is 9.59 Å². The summed E-state index contributed by atoms with van der Waals surface area (Å²) < 4.78 is 17.0. The highest BCUT2D eigenvalue weighted by atomic mass is 16.5. The van der Waals surface area contributed by atoms with E-state index >= 15 is 0 Å². The molecule has 0 saturated heterocycles. The Balaban J connectivity index is 1.72. The monoisotopic (exact) mass is 459 g/mol. The van der Waals surface area contributed by atoms with Crippen molar-refractivity contribution in [3.8, 4) is 11.5 Å². The van der Waals surface area contributed by atoms with Crippen LogP contribution in [0.2, 0.25) is 0 Å². The maximum Gasteiger partial charge on any atom is 0.337 e. The van der Waals surface area contributed by atoms with Gasteiger partial charge in [0.2, 0.25) is 0 Å². The molecule has 1 aliphatic carbocycles. The minimum atomic E-state index is -0.543. The lowest BCUT2D eigenvalue weighted by molar-refractivity contribution is -0.138. The van der Waals surface area contributed by atoms with Crippen molar-refractivity contribution in [1.82, 2.24) is 5.32 Å². The molecule has 2 aromatic carbocycles. The van der Waals surface area contributed by atoms with Crippen molar-refractivity contribution in [1.29, 1.82) is 0 Å². The molecule has 0 aromatic heterocycles. The van der Waals surface area contributed by atoms with Crippen LogP contribution in [0.5, 0.6) is 11.5 Å². The molecule has 0 bridgehead atoms. The third-order valence-corrected chi connectivity index (χ3v) is 6.09. The fourth-order valence-electron chi connectivity index (χ4n) is 4.52. The number of carbonyl (C=O) groups excluding carboxylic acids is 2. The van der Waals surface area contributed by atoms with Crippen molar-refractivity contribution in [3.05, 3.63) is 94.9 Å². The number of Topliss-reactive ketones (excluding diaryl/α,β-unsaturated/α-hetero) is 1. The zero-order valence-corrected chi connectivity index (χ0v) is 19.6. The van der Waals surface area contributed by atoms with E-state index in [0.717, 1.165) is 29.7 Å². The first-order valence-electron chi connectivity index (χ1n) is 11.4. The van der Waals surface area contributed by atoms with E-state index < -0.39 is 11.9 Å². The molecule has 34 heavy (non-hydrogen) atoms. The number of rotatable bonds is 8. The van der Waals surface area contributed by atoms with Gasteiger partial charge in [-0.2, -0.15) is 0 Å². The van der Waals surface area contributed by atoms with E-state index in [1.54, 1.807) is 7.11 Å². The molecule has 1 atom stereocenters. The zero-order valence-electron chi connectivity index (χ0n) is 19.6. The van der Waals surface area contributed by atoms with E-state index in [4.69, 9.17) is 14.2 Å². The summed E-state index contributed by atoms with van der Waals surface area (Å²) in [6.07, 6.45) is 3.54. The van der Waals surface area contributed by atoms with Gasteiger partial charge in [0.1, 0.15) is 13.2 Å². The highest BCUT2D eigenvalue weighted by molar-refractivity contribution is 6.03. The zero-order chi connectivity index (χ0) is 24.1. The Bertz CT molecular complexity index is 1160. The van der Waals surface area contributed by atoms with Gasteiger partial charge in [-0.25, -0.2) is 4.79 Å². The van der Waals surface area contributed by atoms with Gasteiger partial charge in [-0.3, -0.25) is 4.79 Å². The number of hydrogen-bond donors (Lipinski definition) is 1. The molecule has 0 radical (unpaired) electrons. The Morgan fingerprint density at radius 1 is 1.15 bits per heavy atom. The van der Waals surface area contributed by atoms with Crippen LogP contribution in [0.25, 0.3) is 0 Å². The van der Waals surface area contributed by atoms with Gasteiger partial charge in [-0.15, -0.1) is 0 Å². The normalized spacial score (nSPS) is 17.6. The molecule has 6 heteroatoms. The van der Waals surface area contributed by atoms with Crippen LogP contribution in [0.3, 0.4) is 0 Å². The van der Waals surface area contributed by atoms with Gasteiger partial charge in [-0.1, -0.05) is 49.1 Å². The van der Waals surface area contributed by atoms with Gasteiger partial charge in [0.05, 0.1) is 12.7 Å². The van der Waals surface area contributed by atoms with E-state index in [1.165, 1.54) is 6.08 Å². The summed E-state index contributed by atoms with van der Waals surface area (Å²) in [6, 6.07) is 15.4. The second kappa shape index (κ2) is 10.4. The molecule has 6 nitrogen and oxygen atoms in total. The SMILES string of the molecule is C=CCOC(=O)C1=C(C)NC2=C(C(=O)CCC2)[C@H]1c1ccc(OCc2ccccc2)c(OC)c1. The van der Waals surface area contributed by atoms with Crippen LogP contribution in [0.1, 0.15) is 43.2 Å². The van der Waals surface area contributed by atoms with Crippen molar-refractivity contribution in [2.24, 2.45) is 0 Å². The molecular formula is C28H29NO5. The third-order valence-electron chi connectivity index (χ3n) is 6.09. The third kappa shape index (κ3) is 4.76. The number of carbonyl (C=O) groups is 2. The molecule has 0 fully saturated rings. The van der Waals surface area contributed by atoms with E-state index in [-0.39, 0.29) is 12.4 Å². The lowest BCUT2D eigenvalue weighted by Crippen LogP contribution is -2.34. The van der Waals surface area contributed by atoms with Crippen LogP contribution in [0, 0.1) is 0 Å². The second-order valence-corrected chi connectivity index (χ2v) is 8.34. The predicted octanol–water partition coefficient (Wildman–Crippen LogP) is 4.97. The van der Waals surface area contributed by atoms with Crippen LogP contribution in [0.15, 0.2) is 83.7 Å². The van der Waals surface area contributed by atoms with Crippen LogP contribution in [-0.4, -0.2) is 25.5 Å². The summed E-state index contributed by atoms with van der Waals surface area (Å²) in [5.41, 5.74) is 4.44. The summed E-state index contributed by atoms with van der Waals surface area (Å²) in [5, 5.41) is 3.29. The molecule has 2 aromatic rings. The molecule has 0 amide bonds. The first kappa shape index (κ1) is 23.4. The molecule has 2 aliphatic rings. The molecule has 4 rings (SSSR count). The second-order valence-electron chi connectivity index (χ2n) is 8.34. The van der Waals surface area contributed by atoms with Gasteiger partial charge in [0.25, 0.3) is 0 Å². The van der Waals surface area contributed by atoms with Crippen LogP contribution in [-0.2, 0) is 20.9 Å². The Hall–Kier alpha value is -3.80. The standard InChI is InChI=1S/C28H29NO5/c1-4-15-33-28(31)25-18(2)29-21-11-8-12-22(30)27(21)26(25)20-13-14-23(24(16-20)32-3)34-17-19-9-6-5-7-10-19/h4-7,9-10,13-14,16,26,29H,1,8,11-12,15,17H2,2-3H3/t26-/m0/s1. The fraction of sp³-hybridized carbons (Fsp3) is 0.286. The van der Waals surface area contributed by atoms with Crippen molar-refractivity contribution < 1.29 is 23.8 Å². The first-order valence-corrected chi connectivity index (χ1v) is 11.4. The Morgan fingerprint density at radius 2 is 1.94 bits per heavy atom. The van der Waals surface area contributed by atoms with Crippen molar-refractivity contribution in [2.75, 3.05) is 13.7 Å². The molecule has 1 aliphatic heterocycles. The van der Waals surface area contributed by atoms with Gasteiger partial charge in [0.15, 0.2) is 17.3 Å². The number of methoxy groups -OCH3 is 1. The average molecular weight is 460 g/mol. The number of benzene rings is 2. The predicted molar refractivity (Wildman–Crippen MR) is 129 cm³/mol. The van der Waals surface area contributed by atoms with Crippen LogP contribution in [0.4, 0.5) is 0 Å². The molecule has 1 heterocycles. The van der Waals surface area contributed by atoms with Gasteiger partial charge >= 0.3 is 5.97 Å². The Labute approximate surface area is 199 Å². The van der Waals surface area contributed by atoms with Gasteiger partial charge in [-0.05, 0) is 43.0 Å². The van der Waals surface area contributed by atoms with Gasteiger partial charge < -0.3 is 19.5 Å². The summed E-state index contributed by atoms with van der Waals surface area (Å²) in [5.74, 6) is 0.156. The lowest BCUT2D eigenvalue weighted by Gasteiger charge is -2.34. The van der Waals surface area contributed by atoms with Crippen LogP contribution < -0.4 is 14.8 Å². The lowest BCUT2D eigenvalue weighted by atomic mass is 9.75. The highest BCUT2D eigenvalue weighted by Crippen LogP contribution is 2.44. The van der Waals surface area contributed by atoms with E-state index in [0.29, 0.717) is 41.4 Å². The average Bonchev–Trinajstić information content (AvgIpc) is 2.86. The van der Waals surface area contributed by atoms with E-state index in [2.05, 4.69) is 11.9 Å². The number of dihydropyridines is 1.